The summed E-state index contributed by atoms with van der Waals surface area (Å²) < 4.78 is 12.2. The minimum Gasteiger partial charge on any atom is -0.379 e. The third-order valence-electron chi connectivity index (χ3n) is 9.23. The first-order valence-corrected chi connectivity index (χ1v) is 21.2. The highest BCUT2D eigenvalue weighted by atomic mass is 79.9. The molecule has 0 bridgehead atoms. The van der Waals surface area contributed by atoms with Crippen LogP contribution in [0.25, 0.3) is 0 Å². The first-order valence-electron chi connectivity index (χ1n) is 20.1. The Morgan fingerprint density at radius 2 is 0.651 bits per heavy atom. The van der Waals surface area contributed by atoms with Gasteiger partial charge in [0.2, 0.25) is 0 Å². The maximum Gasteiger partial charge on any atom is 0.0816 e. The van der Waals surface area contributed by atoms with E-state index < -0.39 is 0 Å². The van der Waals surface area contributed by atoms with Gasteiger partial charge < -0.3 is 9.47 Å². The molecule has 0 rings (SSSR count). The molecule has 0 aliphatic rings. The molecule has 1 atom stereocenters. The molecule has 2 nitrogen and oxygen atoms in total. The fraction of sp³-hybridized carbons (Fsp3) is 1.00. The zero-order valence-corrected chi connectivity index (χ0v) is 31.5. The molecule has 0 spiro atoms. The van der Waals surface area contributed by atoms with Crippen molar-refractivity contribution in [3.63, 3.8) is 0 Å². The number of hydrogen-bond donors (Lipinski definition) is 0. The van der Waals surface area contributed by atoms with Gasteiger partial charge >= 0.3 is 0 Å². The van der Waals surface area contributed by atoms with Crippen molar-refractivity contribution >= 4 is 15.9 Å². The predicted molar refractivity (Wildman–Crippen MR) is 198 cm³/mol. The molecule has 0 radical (unpaired) electrons. The van der Waals surface area contributed by atoms with Crippen LogP contribution < -0.4 is 0 Å². The van der Waals surface area contributed by atoms with Crippen molar-refractivity contribution in [3.8, 4) is 0 Å². The van der Waals surface area contributed by atoms with Crippen molar-refractivity contribution in [1.82, 2.24) is 0 Å². The van der Waals surface area contributed by atoms with Crippen LogP contribution in [0.5, 0.6) is 0 Å². The van der Waals surface area contributed by atoms with Gasteiger partial charge in [-0.05, 0) is 19.3 Å². The molecule has 3 heteroatoms. The van der Waals surface area contributed by atoms with Gasteiger partial charge in [0.05, 0.1) is 12.7 Å². The fourth-order valence-electron chi connectivity index (χ4n) is 6.20. The van der Waals surface area contributed by atoms with Gasteiger partial charge in [0.15, 0.2) is 0 Å². The van der Waals surface area contributed by atoms with Crippen molar-refractivity contribution in [2.75, 3.05) is 25.2 Å². The lowest BCUT2D eigenvalue weighted by molar-refractivity contribution is -0.0193. The average Bonchev–Trinajstić information content (AvgIpc) is 3.01. The first-order chi connectivity index (χ1) is 21.3. The summed E-state index contributed by atoms with van der Waals surface area (Å²) in [6, 6.07) is 0. The number of hydrogen-bond acceptors (Lipinski definition) is 2. The molecule has 0 aliphatic carbocycles. The Balaban J connectivity index is 3.34. The molecule has 0 fully saturated rings. The smallest absolute Gasteiger partial charge is 0.0816 e. The van der Waals surface area contributed by atoms with E-state index in [9.17, 15) is 0 Å². The van der Waals surface area contributed by atoms with Crippen LogP contribution in [0.15, 0.2) is 0 Å². The number of rotatable bonds is 39. The zero-order valence-electron chi connectivity index (χ0n) is 29.9. The third kappa shape index (κ3) is 38.5. The maximum atomic E-state index is 6.18. The van der Waals surface area contributed by atoms with Crippen molar-refractivity contribution in [3.05, 3.63) is 0 Å². The summed E-state index contributed by atoms with van der Waals surface area (Å²) in [6.07, 6.45) is 46.6. The van der Waals surface area contributed by atoms with E-state index >= 15 is 0 Å². The first kappa shape index (κ1) is 43.4. The van der Waals surface area contributed by atoms with Crippen LogP contribution in [-0.2, 0) is 9.47 Å². The quantitative estimate of drug-likeness (QED) is 0.0478. The second kappa shape index (κ2) is 40.4. The molecule has 0 aromatic heterocycles. The Labute approximate surface area is 281 Å². The Kier molecular flexibility index (Phi) is 40.8. The summed E-state index contributed by atoms with van der Waals surface area (Å²) in [7, 11) is 0. The summed E-state index contributed by atoms with van der Waals surface area (Å²) in [5.74, 6) is 0. The highest BCUT2D eigenvalue weighted by molar-refractivity contribution is 9.09. The standard InChI is InChI=1S/C40H81BrO2/c1-3-5-7-9-11-13-15-17-19-21-23-25-27-29-31-33-37-42-39-40(35-36-41)43-38-34-32-30-28-26-24-22-20-18-16-14-12-10-8-6-4-2/h40H,3-39H2,1-2H3. The molecule has 0 aromatic carbocycles. The maximum absolute atomic E-state index is 6.18. The summed E-state index contributed by atoms with van der Waals surface area (Å²) in [5, 5.41) is 0.999. The van der Waals surface area contributed by atoms with Crippen molar-refractivity contribution < 1.29 is 9.47 Å². The molecule has 0 aliphatic heterocycles. The Hall–Kier alpha value is 0.400. The Bertz CT molecular complexity index is 471. The van der Waals surface area contributed by atoms with Crippen molar-refractivity contribution in [1.29, 1.82) is 0 Å². The van der Waals surface area contributed by atoms with E-state index in [-0.39, 0.29) is 6.10 Å². The third-order valence-corrected chi connectivity index (χ3v) is 9.69. The second-order valence-electron chi connectivity index (χ2n) is 13.7. The summed E-state index contributed by atoms with van der Waals surface area (Å²) in [4.78, 5) is 0. The monoisotopic (exact) mass is 673 g/mol. The molecule has 0 aromatic rings. The van der Waals surface area contributed by atoms with Gasteiger partial charge in [-0.1, -0.05) is 222 Å². The van der Waals surface area contributed by atoms with Gasteiger partial charge in [-0.25, -0.2) is 0 Å². The van der Waals surface area contributed by atoms with Gasteiger partial charge in [0.25, 0.3) is 0 Å². The van der Waals surface area contributed by atoms with E-state index in [0.717, 1.165) is 31.6 Å². The topological polar surface area (TPSA) is 18.5 Å². The van der Waals surface area contributed by atoms with Crippen LogP contribution >= 0.6 is 15.9 Å². The molecular weight excluding hydrogens is 592 g/mol. The molecule has 1 unspecified atom stereocenters. The van der Waals surface area contributed by atoms with E-state index in [1.165, 1.54) is 205 Å². The highest BCUT2D eigenvalue weighted by Crippen LogP contribution is 2.16. The van der Waals surface area contributed by atoms with Gasteiger partial charge in [0.1, 0.15) is 0 Å². The van der Waals surface area contributed by atoms with Crippen molar-refractivity contribution in [2.45, 2.75) is 232 Å². The number of ether oxygens (including phenoxy) is 2. The molecule has 0 saturated carbocycles. The Morgan fingerprint density at radius 1 is 0.372 bits per heavy atom. The molecular formula is C40H81BrO2. The molecule has 0 heterocycles. The van der Waals surface area contributed by atoms with Crippen LogP contribution in [0.2, 0.25) is 0 Å². The summed E-state index contributed by atoms with van der Waals surface area (Å²) in [5.41, 5.74) is 0. The minimum atomic E-state index is 0.261. The van der Waals surface area contributed by atoms with Gasteiger partial charge in [0, 0.05) is 18.5 Å². The predicted octanol–water partition coefficient (Wildman–Crippen LogP) is 14.7. The lowest BCUT2D eigenvalue weighted by atomic mass is 10.0. The van der Waals surface area contributed by atoms with E-state index in [1.807, 2.05) is 0 Å². The van der Waals surface area contributed by atoms with Crippen molar-refractivity contribution in [2.24, 2.45) is 0 Å². The van der Waals surface area contributed by atoms with Gasteiger partial charge in [-0.2, -0.15) is 0 Å². The molecule has 260 valence electrons. The lowest BCUT2D eigenvalue weighted by Gasteiger charge is -2.17. The summed E-state index contributed by atoms with van der Waals surface area (Å²) in [6.45, 7) is 7.17. The number of halogens is 1. The molecule has 0 N–H and O–H groups in total. The largest absolute Gasteiger partial charge is 0.379 e. The molecule has 0 amide bonds. The fourth-order valence-corrected chi connectivity index (χ4v) is 6.71. The molecule has 0 saturated heterocycles. The van der Waals surface area contributed by atoms with Crippen LogP contribution in [0.1, 0.15) is 226 Å². The zero-order chi connectivity index (χ0) is 31.2. The van der Waals surface area contributed by atoms with Crippen LogP contribution in [0.3, 0.4) is 0 Å². The SMILES string of the molecule is CCCCCCCCCCCCCCCCCCOCC(CCBr)OCCCCCCCCCCCCCCCCCC. The van der Waals surface area contributed by atoms with Crippen LogP contribution in [0, 0.1) is 0 Å². The number of alkyl halides is 1. The average molecular weight is 674 g/mol. The lowest BCUT2D eigenvalue weighted by Crippen LogP contribution is -2.21. The highest BCUT2D eigenvalue weighted by Gasteiger charge is 2.08. The van der Waals surface area contributed by atoms with Gasteiger partial charge in [-0.3, -0.25) is 0 Å². The molecule has 43 heavy (non-hydrogen) atoms. The van der Waals surface area contributed by atoms with Crippen LogP contribution in [0.4, 0.5) is 0 Å². The minimum absolute atomic E-state index is 0.261. The van der Waals surface area contributed by atoms with E-state index in [4.69, 9.17) is 9.47 Å². The second-order valence-corrected chi connectivity index (χ2v) is 14.4. The number of unbranched alkanes of at least 4 members (excludes halogenated alkanes) is 30. The summed E-state index contributed by atoms with van der Waals surface area (Å²) >= 11 is 3.60. The van der Waals surface area contributed by atoms with E-state index in [0.29, 0.717) is 0 Å². The van der Waals surface area contributed by atoms with Crippen LogP contribution in [-0.4, -0.2) is 31.3 Å². The van der Waals surface area contributed by atoms with E-state index in [2.05, 4.69) is 29.8 Å². The van der Waals surface area contributed by atoms with Gasteiger partial charge in [-0.15, -0.1) is 0 Å². The van der Waals surface area contributed by atoms with E-state index in [1.54, 1.807) is 0 Å². The Morgan fingerprint density at radius 3 is 0.953 bits per heavy atom. The normalized spacial score (nSPS) is 12.3.